The average molecular weight is 404 g/mol. The molecule has 0 atom stereocenters. The highest BCUT2D eigenvalue weighted by molar-refractivity contribution is 7.97. The summed E-state index contributed by atoms with van der Waals surface area (Å²) in [6.45, 7) is 3.28. The van der Waals surface area contributed by atoms with E-state index in [2.05, 4.69) is 21.9 Å². The molecule has 4 rings (SSSR count). The first-order valence-electron chi connectivity index (χ1n) is 8.59. The summed E-state index contributed by atoms with van der Waals surface area (Å²) in [5.74, 6) is -2.42. The van der Waals surface area contributed by atoms with Crippen LogP contribution in [0.25, 0.3) is 10.9 Å². The highest BCUT2D eigenvalue weighted by atomic mass is 32.2. The number of hydrogen-bond acceptors (Lipinski definition) is 5. The molecule has 0 spiro atoms. The third-order valence-corrected chi connectivity index (χ3v) is 5.79. The maximum atomic E-state index is 13.5. The largest absolute Gasteiger partial charge is 0.377 e. The Morgan fingerprint density at radius 1 is 1.29 bits per heavy atom. The number of aromatic nitrogens is 2. The van der Waals surface area contributed by atoms with E-state index in [1.54, 1.807) is 29.9 Å². The molecule has 0 saturated carbocycles. The lowest BCUT2D eigenvalue weighted by Crippen LogP contribution is -2.55. The number of amides is 1. The zero-order chi connectivity index (χ0) is 19.9. The monoisotopic (exact) mass is 404 g/mol. The zero-order valence-corrected chi connectivity index (χ0v) is 16.1. The molecule has 1 aromatic carbocycles. The first kappa shape index (κ1) is 18.9. The SMILES string of the molecule is Cn1c(C(=O)Nc2ccc(F)c(F)c2)c2cccnc2c1SNC1(C)COC1. The lowest BCUT2D eigenvalue weighted by molar-refractivity contribution is -0.0510. The van der Waals surface area contributed by atoms with Crippen molar-refractivity contribution in [3.05, 3.63) is 53.9 Å². The van der Waals surface area contributed by atoms with E-state index in [0.717, 1.165) is 17.2 Å². The molecule has 1 amide bonds. The molecule has 2 aromatic heterocycles. The van der Waals surface area contributed by atoms with Crippen molar-refractivity contribution in [3.63, 3.8) is 0 Å². The smallest absolute Gasteiger partial charge is 0.273 e. The maximum Gasteiger partial charge on any atom is 0.273 e. The Hall–Kier alpha value is -2.49. The molecule has 1 aliphatic rings. The van der Waals surface area contributed by atoms with Crippen molar-refractivity contribution in [2.45, 2.75) is 17.5 Å². The van der Waals surface area contributed by atoms with E-state index in [1.165, 1.54) is 18.0 Å². The van der Waals surface area contributed by atoms with Crippen LogP contribution in [-0.2, 0) is 11.8 Å². The molecule has 3 aromatic rings. The first-order chi connectivity index (χ1) is 13.4. The lowest BCUT2D eigenvalue weighted by Gasteiger charge is -2.38. The number of nitrogens with zero attached hydrogens (tertiary/aromatic N) is 2. The van der Waals surface area contributed by atoms with Gasteiger partial charge in [0.25, 0.3) is 5.91 Å². The molecule has 3 heterocycles. The minimum atomic E-state index is -1.02. The minimum Gasteiger partial charge on any atom is -0.377 e. The van der Waals surface area contributed by atoms with E-state index in [1.807, 2.05) is 0 Å². The van der Waals surface area contributed by atoms with Gasteiger partial charge in [0.2, 0.25) is 0 Å². The second-order valence-corrected chi connectivity index (χ2v) is 7.75. The van der Waals surface area contributed by atoms with Crippen LogP contribution in [0.1, 0.15) is 17.4 Å². The molecule has 0 radical (unpaired) electrons. The summed E-state index contributed by atoms with van der Waals surface area (Å²) in [6.07, 6.45) is 1.66. The Morgan fingerprint density at radius 3 is 2.75 bits per heavy atom. The molecule has 6 nitrogen and oxygen atoms in total. The van der Waals surface area contributed by atoms with Gasteiger partial charge in [-0.3, -0.25) is 9.78 Å². The molecule has 0 bridgehead atoms. The molecule has 0 aliphatic carbocycles. The summed E-state index contributed by atoms with van der Waals surface area (Å²) in [5.41, 5.74) is 1.10. The summed E-state index contributed by atoms with van der Waals surface area (Å²) in [6, 6.07) is 6.79. The number of fused-ring (bicyclic) bond motifs is 1. The molecule has 1 aliphatic heterocycles. The van der Waals surface area contributed by atoms with Crippen LogP contribution >= 0.6 is 11.9 Å². The van der Waals surface area contributed by atoms with E-state index in [4.69, 9.17) is 4.74 Å². The zero-order valence-electron chi connectivity index (χ0n) is 15.3. The molecule has 0 unspecified atom stereocenters. The average Bonchev–Trinajstić information content (AvgIpc) is 2.93. The Balaban J connectivity index is 1.67. The highest BCUT2D eigenvalue weighted by Gasteiger charge is 2.34. The van der Waals surface area contributed by atoms with Crippen molar-refractivity contribution in [3.8, 4) is 0 Å². The fourth-order valence-electron chi connectivity index (χ4n) is 3.00. The van der Waals surface area contributed by atoms with Gasteiger partial charge >= 0.3 is 0 Å². The van der Waals surface area contributed by atoms with Gasteiger partial charge in [-0.1, -0.05) is 0 Å². The van der Waals surface area contributed by atoms with Crippen LogP contribution in [-0.4, -0.2) is 34.2 Å². The van der Waals surface area contributed by atoms with Gasteiger partial charge in [-0.25, -0.2) is 13.5 Å². The number of anilines is 1. The van der Waals surface area contributed by atoms with Gasteiger partial charge in [0.15, 0.2) is 11.6 Å². The number of benzene rings is 1. The van der Waals surface area contributed by atoms with Gasteiger partial charge in [0, 0.05) is 30.4 Å². The summed E-state index contributed by atoms with van der Waals surface area (Å²) in [5, 5.41) is 4.07. The standard InChI is InChI=1S/C19H18F2N4O2S/c1-19(9-27-10-19)24-28-18-15-12(4-3-7-22-15)16(25(18)2)17(26)23-11-5-6-13(20)14(21)8-11/h3-8,24H,9-10H2,1-2H3,(H,23,26). The Labute approximate surface area is 164 Å². The summed E-state index contributed by atoms with van der Waals surface area (Å²) in [7, 11) is 1.77. The van der Waals surface area contributed by atoms with Crippen molar-refractivity contribution >= 4 is 34.4 Å². The van der Waals surface area contributed by atoms with E-state index in [0.29, 0.717) is 29.8 Å². The first-order valence-corrected chi connectivity index (χ1v) is 9.41. The Bertz CT molecular complexity index is 1070. The van der Waals surface area contributed by atoms with Crippen molar-refractivity contribution in [2.24, 2.45) is 7.05 Å². The fraction of sp³-hybridized carbons (Fsp3) is 0.263. The number of rotatable bonds is 5. The van der Waals surface area contributed by atoms with E-state index >= 15 is 0 Å². The van der Waals surface area contributed by atoms with Crippen LogP contribution < -0.4 is 10.0 Å². The van der Waals surface area contributed by atoms with Crippen LogP contribution in [0.3, 0.4) is 0 Å². The van der Waals surface area contributed by atoms with Crippen molar-refractivity contribution in [2.75, 3.05) is 18.5 Å². The van der Waals surface area contributed by atoms with Crippen molar-refractivity contribution in [1.82, 2.24) is 14.3 Å². The second-order valence-electron chi connectivity index (χ2n) is 6.95. The van der Waals surface area contributed by atoms with E-state index in [-0.39, 0.29) is 11.2 Å². The third-order valence-electron chi connectivity index (χ3n) is 4.53. The van der Waals surface area contributed by atoms with E-state index in [9.17, 15) is 13.6 Å². The third kappa shape index (κ3) is 3.36. The van der Waals surface area contributed by atoms with Crippen LogP contribution in [0.2, 0.25) is 0 Å². The molecular weight excluding hydrogens is 386 g/mol. The maximum absolute atomic E-state index is 13.5. The normalized spacial score (nSPS) is 15.4. The van der Waals surface area contributed by atoms with Gasteiger partial charge in [0.05, 0.1) is 18.8 Å². The minimum absolute atomic E-state index is 0.135. The Morgan fingerprint density at radius 2 is 2.07 bits per heavy atom. The van der Waals surface area contributed by atoms with Crippen LogP contribution in [0.5, 0.6) is 0 Å². The second kappa shape index (κ2) is 7.16. The van der Waals surface area contributed by atoms with Gasteiger partial charge in [0.1, 0.15) is 16.2 Å². The van der Waals surface area contributed by atoms with Gasteiger partial charge < -0.3 is 14.6 Å². The molecule has 146 valence electrons. The molecule has 1 fully saturated rings. The molecule has 2 N–H and O–H groups in total. The number of nitrogens with one attached hydrogen (secondary N) is 2. The van der Waals surface area contributed by atoms with Crippen LogP contribution in [0.15, 0.2) is 41.6 Å². The fourth-order valence-corrected chi connectivity index (χ4v) is 3.95. The molecule has 1 saturated heterocycles. The molecular formula is C19H18F2N4O2S. The number of halogens is 2. The van der Waals surface area contributed by atoms with Crippen molar-refractivity contribution in [1.29, 1.82) is 0 Å². The summed E-state index contributed by atoms with van der Waals surface area (Å²) >= 11 is 1.39. The number of carbonyl (C=O) groups excluding carboxylic acids is 1. The molecule has 28 heavy (non-hydrogen) atoms. The summed E-state index contributed by atoms with van der Waals surface area (Å²) in [4.78, 5) is 17.3. The quantitative estimate of drug-likeness (QED) is 0.637. The predicted octanol–water partition coefficient (Wildman–Crippen LogP) is 3.49. The number of ether oxygens (including phenoxy) is 1. The van der Waals surface area contributed by atoms with Gasteiger partial charge in [-0.15, -0.1) is 0 Å². The number of pyridine rings is 1. The van der Waals surface area contributed by atoms with Crippen LogP contribution in [0.4, 0.5) is 14.5 Å². The number of carbonyl (C=O) groups is 1. The van der Waals surface area contributed by atoms with Crippen LogP contribution in [0, 0.1) is 11.6 Å². The van der Waals surface area contributed by atoms with Crippen molar-refractivity contribution < 1.29 is 18.3 Å². The topological polar surface area (TPSA) is 68.2 Å². The highest BCUT2D eigenvalue weighted by Crippen LogP contribution is 2.32. The Kier molecular flexibility index (Phi) is 4.82. The summed E-state index contributed by atoms with van der Waals surface area (Å²) < 4.78 is 37.0. The predicted molar refractivity (Wildman–Crippen MR) is 103 cm³/mol. The lowest BCUT2D eigenvalue weighted by atomic mass is 10.0. The van der Waals surface area contributed by atoms with E-state index < -0.39 is 17.5 Å². The number of hydrogen-bond donors (Lipinski definition) is 2. The van der Waals surface area contributed by atoms with Gasteiger partial charge in [-0.05, 0) is 43.1 Å². The molecule has 9 heteroatoms. The van der Waals surface area contributed by atoms with Gasteiger partial charge in [-0.2, -0.15) is 0 Å².